The van der Waals surface area contributed by atoms with Crippen LogP contribution in [0.2, 0.25) is 0 Å². The average Bonchev–Trinajstić information content (AvgIpc) is 2.41. The summed E-state index contributed by atoms with van der Waals surface area (Å²) in [5.41, 5.74) is 0. The highest BCUT2D eigenvalue weighted by Gasteiger charge is 2.29. The smallest absolute Gasteiger partial charge is 0.250 e. The number of hydrogen-bond donors (Lipinski definition) is 1. The maximum atomic E-state index is 12.3. The number of nitrogens with one attached hydrogen (secondary N) is 1. The average molecular weight is 276 g/mol. The highest BCUT2D eigenvalue weighted by atomic mass is 19.3. The van der Waals surface area contributed by atoms with E-state index in [-0.39, 0.29) is 12.6 Å². The second kappa shape index (κ2) is 8.85. The van der Waals surface area contributed by atoms with Gasteiger partial charge in [-0.25, -0.2) is 8.78 Å². The Morgan fingerprint density at radius 3 is 2.58 bits per heavy atom. The molecule has 0 spiro atoms. The molecule has 1 rings (SSSR count). The highest BCUT2D eigenvalue weighted by molar-refractivity contribution is 4.85. The van der Waals surface area contributed by atoms with Gasteiger partial charge in [0.2, 0.25) is 0 Å². The van der Waals surface area contributed by atoms with Crippen molar-refractivity contribution in [2.24, 2.45) is 5.92 Å². The van der Waals surface area contributed by atoms with Gasteiger partial charge in [-0.3, -0.25) is 4.90 Å². The third-order valence-corrected chi connectivity index (χ3v) is 4.31. The van der Waals surface area contributed by atoms with Gasteiger partial charge in [0.15, 0.2) is 0 Å². The Hall–Kier alpha value is -0.220. The van der Waals surface area contributed by atoms with Crippen molar-refractivity contribution in [2.45, 2.75) is 71.4 Å². The number of hydrogen-bond acceptors (Lipinski definition) is 2. The first-order valence-electron chi connectivity index (χ1n) is 7.82. The number of halogens is 2. The van der Waals surface area contributed by atoms with Gasteiger partial charge in [0.05, 0.1) is 6.54 Å². The minimum Gasteiger partial charge on any atom is -0.307 e. The molecule has 1 aliphatic rings. The van der Waals surface area contributed by atoms with E-state index in [0.717, 1.165) is 25.9 Å². The topological polar surface area (TPSA) is 15.3 Å². The molecule has 4 heteroatoms. The third kappa shape index (κ3) is 6.17. The molecule has 0 amide bonds. The molecule has 3 atom stereocenters. The van der Waals surface area contributed by atoms with E-state index in [0.29, 0.717) is 12.0 Å². The summed E-state index contributed by atoms with van der Waals surface area (Å²) in [4.78, 5) is 2.48. The molecule has 1 saturated heterocycles. The molecule has 0 aromatic rings. The van der Waals surface area contributed by atoms with Crippen molar-refractivity contribution >= 4 is 0 Å². The molecule has 0 aromatic heterocycles. The summed E-state index contributed by atoms with van der Waals surface area (Å²) in [5.74, 6) is 0.665. The lowest BCUT2D eigenvalue weighted by atomic mass is 9.89. The standard InChI is InChI=1S/C15H30F2N2/c1-4-6-7-13-8-14(18-9-15(16)17)11-19(10-13)12(3)5-2/h12-15,18H,4-11H2,1-3H3. The fourth-order valence-corrected chi connectivity index (χ4v) is 2.96. The van der Waals surface area contributed by atoms with Crippen LogP contribution in [0.15, 0.2) is 0 Å². The van der Waals surface area contributed by atoms with Crippen LogP contribution in [0.1, 0.15) is 52.9 Å². The molecule has 114 valence electrons. The van der Waals surface area contributed by atoms with E-state index in [9.17, 15) is 8.78 Å². The second-order valence-electron chi connectivity index (χ2n) is 5.95. The van der Waals surface area contributed by atoms with E-state index in [1.165, 1.54) is 19.3 Å². The Morgan fingerprint density at radius 2 is 2.00 bits per heavy atom. The van der Waals surface area contributed by atoms with Gasteiger partial charge >= 0.3 is 0 Å². The van der Waals surface area contributed by atoms with Crippen molar-refractivity contribution in [3.63, 3.8) is 0 Å². The Morgan fingerprint density at radius 1 is 1.26 bits per heavy atom. The maximum absolute atomic E-state index is 12.3. The highest BCUT2D eigenvalue weighted by Crippen LogP contribution is 2.24. The van der Waals surface area contributed by atoms with Crippen LogP contribution in [0.25, 0.3) is 0 Å². The monoisotopic (exact) mass is 276 g/mol. The van der Waals surface area contributed by atoms with Gasteiger partial charge in [-0.2, -0.15) is 0 Å². The summed E-state index contributed by atoms with van der Waals surface area (Å²) in [5, 5.41) is 3.04. The lowest BCUT2D eigenvalue weighted by molar-refractivity contribution is 0.0832. The van der Waals surface area contributed by atoms with Crippen LogP contribution in [0.5, 0.6) is 0 Å². The molecule has 1 N–H and O–H groups in total. The van der Waals surface area contributed by atoms with Crippen LogP contribution >= 0.6 is 0 Å². The summed E-state index contributed by atoms with van der Waals surface area (Å²) in [7, 11) is 0. The zero-order valence-electron chi connectivity index (χ0n) is 12.7. The molecule has 0 aromatic carbocycles. The Balaban J connectivity index is 2.50. The Bertz CT molecular complexity index is 236. The van der Waals surface area contributed by atoms with Gasteiger partial charge < -0.3 is 5.32 Å². The number of rotatable bonds is 8. The summed E-state index contributed by atoms with van der Waals surface area (Å²) in [6.07, 6.45) is 3.64. The predicted octanol–water partition coefficient (Wildman–Crippen LogP) is 3.52. The van der Waals surface area contributed by atoms with Crippen molar-refractivity contribution in [3.05, 3.63) is 0 Å². The van der Waals surface area contributed by atoms with E-state index in [4.69, 9.17) is 0 Å². The van der Waals surface area contributed by atoms with E-state index >= 15 is 0 Å². The molecule has 0 aliphatic carbocycles. The van der Waals surface area contributed by atoms with Crippen LogP contribution in [0.3, 0.4) is 0 Å². The van der Waals surface area contributed by atoms with Crippen LogP contribution in [0.4, 0.5) is 8.78 Å². The van der Waals surface area contributed by atoms with Crippen molar-refractivity contribution < 1.29 is 8.78 Å². The molecular formula is C15H30F2N2. The molecule has 1 heterocycles. The van der Waals surface area contributed by atoms with Gasteiger partial charge in [0.1, 0.15) is 0 Å². The Labute approximate surface area is 116 Å². The quantitative estimate of drug-likeness (QED) is 0.729. The molecule has 3 unspecified atom stereocenters. The summed E-state index contributed by atoms with van der Waals surface area (Å²) >= 11 is 0. The van der Waals surface area contributed by atoms with Crippen LogP contribution in [-0.4, -0.2) is 43.0 Å². The van der Waals surface area contributed by atoms with Crippen LogP contribution in [-0.2, 0) is 0 Å². The molecule has 0 radical (unpaired) electrons. The predicted molar refractivity (Wildman–Crippen MR) is 76.8 cm³/mol. The van der Waals surface area contributed by atoms with Gasteiger partial charge in [0.25, 0.3) is 6.43 Å². The van der Waals surface area contributed by atoms with E-state index in [2.05, 4.69) is 31.0 Å². The SMILES string of the molecule is CCCCC1CC(NCC(F)F)CN(C(C)CC)C1. The first-order chi connectivity index (χ1) is 9.06. The van der Waals surface area contributed by atoms with Gasteiger partial charge in [-0.15, -0.1) is 0 Å². The number of unbranched alkanes of at least 4 members (excludes halogenated alkanes) is 1. The second-order valence-corrected chi connectivity index (χ2v) is 5.95. The molecule has 0 bridgehead atoms. The lowest BCUT2D eigenvalue weighted by Crippen LogP contribution is -2.52. The van der Waals surface area contributed by atoms with Crippen molar-refractivity contribution in [1.29, 1.82) is 0 Å². The lowest BCUT2D eigenvalue weighted by Gasteiger charge is -2.41. The van der Waals surface area contributed by atoms with E-state index < -0.39 is 6.43 Å². The van der Waals surface area contributed by atoms with Crippen LogP contribution in [0, 0.1) is 5.92 Å². The molecular weight excluding hydrogens is 246 g/mol. The molecule has 0 saturated carbocycles. The first-order valence-corrected chi connectivity index (χ1v) is 7.82. The summed E-state index contributed by atoms with van der Waals surface area (Å²) < 4.78 is 24.7. The number of alkyl halides is 2. The van der Waals surface area contributed by atoms with E-state index in [1.54, 1.807) is 0 Å². The third-order valence-electron chi connectivity index (χ3n) is 4.31. The number of nitrogens with zero attached hydrogens (tertiary/aromatic N) is 1. The largest absolute Gasteiger partial charge is 0.307 e. The molecule has 2 nitrogen and oxygen atoms in total. The fraction of sp³-hybridized carbons (Fsp3) is 1.00. The zero-order valence-corrected chi connectivity index (χ0v) is 12.7. The summed E-state index contributed by atoms with van der Waals surface area (Å²) in [6.45, 7) is 8.54. The van der Waals surface area contributed by atoms with Gasteiger partial charge in [-0.05, 0) is 32.1 Å². The Kier molecular flexibility index (Phi) is 7.84. The molecule has 19 heavy (non-hydrogen) atoms. The molecule has 1 aliphatic heterocycles. The van der Waals surface area contributed by atoms with Crippen LogP contribution < -0.4 is 5.32 Å². The van der Waals surface area contributed by atoms with Gasteiger partial charge in [0, 0.05) is 25.2 Å². The fourth-order valence-electron chi connectivity index (χ4n) is 2.96. The van der Waals surface area contributed by atoms with Gasteiger partial charge in [-0.1, -0.05) is 26.7 Å². The van der Waals surface area contributed by atoms with Crippen molar-refractivity contribution in [2.75, 3.05) is 19.6 Å². The molecule has 1 fully saturated rings. The summed E-state index contributed by atoms with van der Waals surface area (Å²) in [6, 6.07) is 0.791. The van der Waals surface area contributed by atoms with Crippen molar-refractivity contribution in [1.82, 2.24) is 10.2 Å². The minimum absolute atomic E-state index is 0.167. The zero-order chi connectivity index (χ0) is 14.3. The number of piperidine rings is 1. The first kappa shape index (κ1) is 16.8. The minimum atomic E-state index is -2.24. The maximum Gasteiger partial charge on any atom is 0.250 e. The van der Waals surface area contributed by atoms with Crippen molar-refractivity contribution in [3.8, 4) is 0 Å². The normalized spacial score (nSPS) is 26.8. The number of likely N-dealkylation sites (tertiary alicyclic amines) is 1. The van der Waals surface area contributed by atoms with E-state index in [1.807, 2.05) is 0 Å².